The lowest BCUT2D eigenvalue weighted by Crippen LogP contribution is -2.27. The van der Waals surface area contributed by atoms with Gasteiger partial charge in [-0.2, -0.15) is 0 Å². The van der Waals surface area contributed by atoms with Gasteiger partial charge in [0, 0.05) is 12.3 Å². The van der Waals surface area contributed by atoms with E-state index in [2.05, 4.69) is 10.1 Å². The zero-order chi connectivity index (χ0) is 16.1. The van der Waals surface area contributed by atoms with Gasteiger partial charge in [-0.1, -0.05) is 5.16 Å². The molecule has 0 atom stereocenters. The van der Waals surface area contributed by atoms with E-state index in [0.29, 0.717) is 25.7 Å². The summed E-state index contributed by atoms with van der Waals surface area (Å²) in [6, 6.07) is 0. The molecular weight excluding hydrogens is 310 g/mol. The van der Waals surface area contributed by atoms with Gasteiger partial charge in [-0.15, -0.1) is 11.3 Å². The zero-order valence-corrected chi connectivity index (χ0v) is 12.8. The van der Waals surface area contributed by atoms with Crippen LogP contribution in [0.15, 0.2) is 10.5 Å². The number of hydrogen-bond donors (Lipinski definition) is 2. The Morgan fingerprint density at radius 2 is 2.00 bits per heavy atom. The number of oxime groups is 1. The predicted molar refractivity (Wildman–Crippen MR) is 79.6 cm³/mol. The van der Waals surface area contributed by atoms with E-state index in [1.54, 1.807) is 0 Å². The Balaban J connectivity index is 1.92. The van der Waals surface area contributed by atoms with Crippen molar-refractivity contribution in [3.05, 3.63) is 11.1 Å². The second kappa shape index (κ2) is 7.21. The maximum absolute atomic E-state index is 11.2. The van der Waals surface area contributed by atoms with Gasteiger partial charge in [0.15, 0.2) is 5.13 Å². The molecule has 3 N–H and O–H groups in total. The summed E-state index contributed by atoms with van der Waals surface area (Å²) in [6.07, 6.45) is 2.34. The number of aromatic nitrogens is 1. The molecule has 0 aromatic carbocycles. The maximum Gasteiger partial charge on any atom is 0.360 e. The first-order valence-electron chi connectivity index (χ1n) is 6.81. The molecule has 1 heterocycles. The van der Waals surface area contributed by atoms with E-state index < -0.39 is 5.97 Å². The van der Waals surface area contributed by atoms with Gasteiger partial charge in [0.25, 0.3) is 0 Å². The molecule has 0 unspecified atom stereocenters. The average molecular weight is 327 g/mol. The van der Waals surface area contributed by atoms with Crippen LogP contribution in [0.2, 0.25) is 0 Å². The summed E-state index contributed by atoms with van der Waals surface area (Å²) in [6.45, 7) is 1.38. The number of hydrogen-bond acceptors (Lipinski definition) is 8. The average Bonchev–Trinajstić information content (AvgIpc) is 2.86. The number of carboxylic acid groups (broad SMARTS) is 1. The SMILES string of the molecule is CC(=O)O[C@H]1CC[C@H](ON=C(C(=O)O)c2csc(N)n2)CC1. The van der Waals surface area contributed by atoms with Gasteiger partial charge in [-0.05, 0) is 25.7 Å². The monoisotopic (exact) mass is 327 g/mol. The fourth-order valence-electron chi connectivity index (χ4n) is 2.21. The van der Waals surface area contributed by atoms with E-state index in [4.69, 9.17) is 20.4 Å². The van der Waals surface area contributed by atoms with Gasteiger partial charge >= 0.3 is 11.9 Å². The van der Waals surface area contributed by atoms with Crippen LogP contribution in [0.3, 0.4) is 0 Å². The number of carbonyl (C=O) groups is 2. The Bertz CT molecular complexity index is 578. The maximum atomic E-state index is 11.2. The Labute approximate surface area is 130 Å². The van der Waals surface area contributed by atoms with Gasteiger partial charge in [-0.3, -0.25) is 4.79 Å². The lowest BCUT2D eigenvalue weighted by molar-refractivity contribution is -0.149. The van der Waals surface area contributed by atoms with Gasteiger partial charge < -0.3 is 20.4 Å². The van der Waals surface area contributed by atoms with Crippen LogP contribution in [0.5, 0.6) is 0 Å². The molecule has 0 saturated heterocycles. The summed E-state index contributed by atoms with van der Waals surface area (Å²) >= 11 is 1.14. The summed E-state index contributed by atoms with van der Waals surface area (Å²) in [5, 5.41) is 14.7. The molecule has 0 radical (unpaired) electrons. The second-order valence-electron chi connectivity index (χ2n) is 4.93. The number of carbonyl (C=O) groups excluding carboxylic acids is 1. The van der Waals surface area contributed by atoms with Crippen LogP contribution in [0, 0.1) is 0 Å². The van der Waals surface area contributed by atoms with E-state index in [0.717, 1.165) is 11.3 Å². The Hall–Kier alpha value is -2.16. The number of ether oxygens (including phenoxy) is 1. The van der Waals surface area contributed by atoms with E-state index >= 15 is 0 Å². The van der Waals surface area contributed by atoms with Crippen molar-refractivity contribution in [1.29, 1.82) is 0 Å². The van der Waals surface area contributed by atoms with Gasteiger partial charge in [0.2, 0.25) is 5.71 Å². The molecule has 1 aliphatic carbocycles. The zero-order valence-electron chi connectivity index (χ0n) is 12.0. The van der Waals surface area contributed by atoms with E-state index in [1.165, 1.54) is 12.3 Å². The highest BCUT2D eigenvalue weighted by molar-refractivity contribution is 7.13. The van der Waals surface area contributed by atoms with E-state index in [9.17, 15) is 9.59 Å². The molecule has 0 bridgehead atoms. The first-order chi connectivity index (χ1) is 10.5. The first kappa shape index (κ1) is 16.2. The van der Waals surface area contributed by atoms with Crippen LogP contribution in [0.1, 0.15) is 38.3 Å². The Morgan fingerprint density at radius 3 is 2.50 bits per heavy atom. The first-order valence-corrected chi connectivity index (χ1v) is 7.69. The van der Waals surface area contributed by atoms with Crippen LogP contribution in [0.4, 0.5) is 5.13 Å². The second-order valence-corrected chi connectivity index (χ2v) is 5.82. The molecular formula is C13H17N3O5S. The number of nitrogens with zero attached hydrogens (tertiary/aromatic N) is 2. The van der Waals surface area contributed by atoms with Crippen molar-refractivity contribution in [2.24, 2.45) is 5.16 Å². The molecule has 2 rings (SSSR count). The lowest BCUT2D eigenvalue weighted by Gasteiger charge is -2.26. The Kier molecular flexibility index (Phi) is 5.31. The molecule has 9 heteroatoms. The minimum Gasteiger partial charge on any atom is -0.476 e. The lowest BCUT2D eigenvalue weighted by atomic mass is 9.95. The molecule has 1 fully saturated rings. The summed E-state index contributed by atoms with van der Waals surface area (Å²) in [7, 11) is 0. The minimum atomic E-state index is -1.22. The number of anilines is 1. The third kappa shape index (κ3) is 4.42. The smallest absolute Gasteiger partial charge is 0.360 e. The number of esters is 1. The van der Waals surface area contributed by atoms with Crippen LogP contribution in [-0.2, 0) is 19.2 Å². The quantitative estimate of drug-likeness (QED) is 0.476. The number of aliphatic carboxylic acids is 1. The van der Waals surface area contributed by atoms with E-state index in [-0.39, 0.29) is 34.7 Å². The molecule has 1 aliphatic rings. The Morgan fingerprint density at radius 1 is 1.36 bits per heavy atom. The van der Waals surface area contributed by atoms with E-state index in [1.807, 2.05) is 0 Å². The number of thiazole rings is 1. The number of nitrogens with two attached hydrogens (primary N) is 1. The molecule has 22 heavy (non-hydrogen) atoms. The fourth-order valence-corrected chi connectivity index (χ4v) is 2.76. The largest absolute Gasteiger partial charge is 0.476 e. The fraction of sp³-hybridized carbons (Fsp3) is 0.538. The molecule has 1 saturated carbocycles. The van der Waals surface area contributed by atoms with Crippen molar-refractivity contribution >= 4 is 34.1 Å². The van der Waals surface area contributed by atoms with Gasteiger partial charge in [0.05, 0.1) is 0 Å². The summed E-state index contributed by atoms with van der Waals surface area (Å²) in [5.74, 6) is -1.52. The summed E-state index contributed by atoms with van der Waals surface area (Å²) < 4.78 is 5.13. The predicted octanol–water partition coefficient (Wildman–Crippen LogP) is 1.40. The molecule has 8 nitrogen and oxygen atoms in total. The van der Waals surface area contributed by atoms with Gasteiger partial charge in [0.1, 0.15) is 17.9 Å². The standard InChI is InChI=1S/C13H17N3O5S/c1-7(17)20-8-2-4-9(5-3-8)21-16-11(12(18)19)10-6-22-13(14)15-10/h6,8-9H,2-5H2,1H3,(H2,14,15)(H,18,19)/t8-,9-. The summed E-state index contributed by atoms with van der Waals surface area (Å²) in [4.78, 5) is 31.3. The van der Waals surface area contributed by atoms with Crippen molar-refractivity contribution in [2.75, 3.05) is 5.73 Å². The molecule has 1 aromatic rings. The molecule has 0 aliphatic heterocycles. The van der Waals surface area contributed by atoms with Crippen LogP contribution in [-0.4, -0.2) is 39.9 Å². The minimum absolute atomic E-state index is 0.0985. The highest BCUT2D eigenvalue weighted by atomic mass is 32.1. The normalized spacial score (nSPS) is 22.1. The molecule has 1 aromatic heterocycles. The number of nitrogen functional groups attached to an aromatic ring is 1. The third-order valence-electron chi connectivity index (χ3n) is 3.21. The third-order valence-corrected chi connectivity index (χ3v) is 3.89. The van der Waals surface area contributed by atoms with Crippen LogP contribution < -0.4 is 5.73 Å². The van der Waals surface area contributed by atoms with Crippen molar-refractivity contribution < 1.29 is 24.3 Å². The van der Waals surface area contributed by atoms with Crippen LogP contribution in [0.25, 0.3) is 0 Å². The van der Waals surface area contributed by atoms with Gasteiger partial charge in [-0.25, -0.2) is 9.78 Å². The van der Waals surface area contributed by atoms with Crippen molar-refractivity contribution in [3.63, 3.8) is 0 Å². The van der Waals surface area contributed by atoms with Crippen molar-refractivity contribution in [1.82, 2.24) is 4.98 Å². The van der Waals surface area contributed by atoms with Crippen molar-refractivity contribution in [3.8, 4) is 0 Å². The summed E-state index contributed by atoms with van der Waals surface area (Å²) in [5.41, 5.74) is 5.40. The highest BCUT2D eigenvalue weighted by Crippen LogP contribution is 2.24. The number of carboxylic acids is 1. The molecule has 120 valence electrons. The van der Waals surface area contributed by atoms with Crippen molar-refractivity contribution in [2.45, 2.75) is 44.8 Å². The number of rotatable bonds is 5. The highest BCUT2D eigenvalue weighted by Gasteiger charge is 2.25. The molecule has 0 spiro atoms. The van der Waals surface area contributed by atoms with Crippen LogP contribution >= 0.6 is 11.3 Å². The topological polar surface area (TPSA) is 124 Å². The molecule has 0 amide bonds.